The minimum atomic E-state index is -1.09. The second-order valence-corrected chi connectivity index (χ2v) is 6.47. The summed E-state index contributed by atoms with van der Waals surface area (Å²) >= 11 is 1.34. The summed E-state index contributed by atoms with van der Waals surface area (Å²) < 4.78 is 10.6. The lowest BCUT2D eigenvalue weighted by Gasteiger charge is -2.12. The Kier molecular flexibility index (Phi) is 6.00. The van der Waals surface area contributed by atoms with Crippen LogP contribution in [0, 0.1) is 0 Å². The van der Waals surface area contributed by atoms with Crippen LogP contribution >= 0.6 is 11.8 Å². The third-order valence-corrected chi connectivity index (χ3v) is 4.58. The molecule has 0 fully saturated rings. The van der Waals surface area contributed by atoms with Gasteiger partial charge in [-0.1, -0.05) is 30.0 Å². The van der Waals surface area contributed by atoms with Gasteiger partial charge in [-0.2, -0.15) is 0 Å². The van der Waals surface area contributed by atoms with Crippen LogP contribution in [-0.2, 0) is 0 Å². The summed E-state index contributed by atoms with van der Waals surface area (Å²) in [5, 5.41) is 13.0. The first-order valence-electron chi connectivity index (χ1n) is 8.29. The van der Waals surface area contributed by atoms with Gasteiger partial charge in [0.1, 0.15) is 11.4 Å². The molecule has 28 heavy (non-hydrogen) atoms. The number of thioether (sulfide) groups is 1. The Morgan fingerprint density at radius 3 is 2.50 bits per heavy atom. The van der Waals surface area contributed by atoms with Gasteiger partial charge in [-0.25, -0.2) is 14.8 Å². The third-order valence-electron chi connectivity index (χ3n) is 4.02. The predicted molar refractivity (Wildman–Crippen MR) is 109 cm³/mol. The summed E-state index contributed by atoms with van der Waals surface area (Å²) in [5.74, 6) is 0.437. The van der Waals surface area contributed by atoms with Crippen molar-refractivity contribution in [3.05, 3.63) is 54.2 Å². The van der Waals surface area contributed by atoms with Crippen molar-refractivity contribution < 1.29 is 19.4 Å². The number of ether oxygens (including phenoxy) is 2. The van der Waals surface area contributed by atoms with E-state index in [-0.39, 0.29) is 11.4 Å². The number of methoxy groups -OCH3 is 2. The van der Waals surface area contributed by atoms with Crippen molar-refractivity contribution in [1.29, 1.82) is 0 Å². The van der Waals surface area contributed by atoms with E-state index in [1.807, 2.05) is 48.7 Å². The van der Waals surface area contributed by atoms with Crippen LogP contribution in [0.15, 0.2) is 53.8 Å². The first kappa shape index (κ1) is 19.5. The SMILES string of the molecule is COc1ccc(-c2cccc(Nc3nc(SC)ncc3C(=O)O)c2)cc1OC. The lowest BCUT2D eigenvalue weighted by molar-refractivity contribution is 0.0697. The smallest absolute Gasteiger partial charge is 0.341 e. The van der Waals surface area contributed by atoms with Gasteiger partial charge in [-0.3, -0.25) is 0 Å². The zero-order chi connectivity index (χ0) is 20.1. The first-order chi connectivity index (χ1) is 13.5. The monoisotopic (exact) mass is 397 g/mol. The van der Waals surface area contributed by atoms with E-state index in [1.54, 1.807) is 14.2 Å². The largest absolute Gasteiger partial charge is 0.493 e. The van der Waals surface area contributed by atoms with Gasteiger partial charge in [0, 0.05) is 11.9 Å². The fraction of sp³-hybridized carbons (Fsp3) is 0.150. The molecule has 0 saturated heterocycles. The molecule has 144 valence electrons. The Hall–Kier alpha value is -3.26. The van der Waals surface area contributed by atoms with Crippen LogP contribution in [-0.4, -0.2) is 41.5 Å². The van der Waals surface area contributed by atoms with Gasteiger partial charge in [0.05, 0.1) is 14.2 Å². The molecule has 0 atom stereocenters. The van der Waals surface area contributed by atoms with Crippen LogP contribution in [0.3, 0.4) is 0 Å². The third kappa shape index (κ3) is 4.17. The number of carboxylic acid groups (broad SMARTS) is 1. The summed E-state index contributed by atoms with van der Waals surface area (Å²) in [4.78, 5) is 19.8. The van der Waals surface area contributed by atoms with Crippen LogP contribution < -0.4 is 14.8 Å². The zero-order valence-electron chi connectivity index (χ0n) is 15.6. The maximum absolute atomic E-state index is 11.5. The number of nitrogens with zero attached hydrogens (tertiary/aromatic N) is 2. The summed E-state index contributed by atoms with van der Waals surface area (Å²) in [6.45, 7) is 0. The molecule has 0 unspecified atom stereocenters. The Morgan fingerprint density at radius 2 is 1.82 bits per heavy atom. The number of carboxylic acids is 1. The molecule has 3 aromatic rings. The molecule has 7 nitrogen and oxygen atoms in total. The summed E-state index contributed by atoms with van der Waals surface area (Å²) in [6.07, 6.45) is 3.14. The number of aromatic carboxylic acids is 1. The predicted octanol–water partition coefficient (Wildman–Crippen LogP) is 4.32. The first-order valence-corrected chi connectivity index (χ1v) is 9.52. The Labute approximate surface area is 166 Å². The quantitative estimate of drug-likeness (QED) is 0.450. The van der Waals surface area contributed by atoms with Crippen molar-refractivity contribution in [2.45, 2.75) is 5.16 Å². The molecule has 0 aliphatic carbocycles. The molecule has 1 aromatic heterocycles. The molecule has 0 saturated carbocycles. The zero-order valence-corrected chi connectivity index (χ0v) is 16.4. The highest BCUT2D eigenvalue weighted by Crippen LogP contribution is 2.33. The molecule has 2 aromatic carbocycles. The van der Waals surface area contributed by atoms with E-state index < -0.39 is 5.97 Å². The van der Waals surface area contributed by atoms with Crippen molar-refractivity contribution >= 4 is 29.2 Å². The van der Waals surface area contributed by atoms with Gasteiger partial charge in [-0.05, 0) is 41.6 Å². The molecule has 0 aliphatic rings. The number of anilines is 2. The Balaban J connectivity index is 1.96. The molecular formula is C20H19N3O4S. The summed E-state index contributed by atoms with van der Waals surface area (Å²) in [6, 6.07) is 13.2. The average molecular weight is 397 g/mol. The van der Waals surface area contributed by atoms with Gasteiger partial charge in [0.2, 0.25) is 0 Å². The molecular weight excluding hydrogens is 378 g/mol. The van der Waals surface area contributed by atoms with Crippen LogP contribution in [0.4, 0.5) is 11.5 Å². The molecule has 0 aliphatic heterocycles. The molecule has 3 rings (SSSR count). The van der Waals surface area contributed by atoms with E-state index in [0.29, 0.717) is 22.3 Å². The second-order valence-electron chi connectivity index (χ2n) is 5.70. The van der Waals surface area contributed by atoms with E-state index in [0.717, 1.165) is 11.1 Å². The fourth-order valence-electron chi connectivity index (χ4n) is 2.64. The van der Waals surface area contributed by atoms with Crippen LogP contribution in [0.2, 0.25) is 0 Å². The maximum Gasteiger partial charge on any atom is 0.341 e. The van der Waals surface area contributed by atoms with Crippen molar-refractivity contribution in [2.24, 2.45) is 0 Å². The average Bonchev–Trinajstić information content (AvgIpc) is 2.73. The summed E-state index contributed by atoms with van der Waals surface area (Å²) in [5.41, 5.74) is 2.59. The van der Waals surface area contributed by atoms with Gasteiger partial charge in [0.25, 0.3) is 0 Å². The standard InChI is InChI=1S/C20H19N3O4S/c1-26-16-8-7-13(10-17(16)27-2)12-5-4-6-14(9-12)22-18-15(19(24)25)11-21-20(23-18)28-3/h4-11H,1-3H3,(H,24,25)(H,21,22,23). The number of hydrogen-bond acceptors (Lipinski definition) is 7. The van der Waals surface area contributed by atoms with Crippen LogP contribution in [0.25, 0.3) is 11.1 Å². The highest BCUT2D eigenvalue weighted by molar-refractivity contribution is 7.98. The highest BCUT2D eigenvalue weighted by Gasteiger charge is 2.14. The fourth-order valence-corrected chi connectivity index (χ4v) is 2.99. The van der Waals surface area contributed by atoms with E-state index in [2.05, 4.69) is 15.3 Å². The van der Waals surface area contributed by atoms with Crippen LogP contribution in [0.1, 0.15) is 10.4 Å². The second kappa shape index (κ2) is 8.62. The van der Waals surface area contributed by atoms with E-state index in [9.17, 15) is 9.90 Å². The number of carbonyl (C=O) groups is 1. The van der Waals surface area contributed by atoms with E-state index in [4.69, 9.17) is 9.47 Å². The Morgan fingerprint density at radius 1 is 1.07 bits per heavy atom. The summed E-state index contributed by atoms with van der Waals surface area (Å²) in [7, 11) is 3.18. The normalized spacial score (nSPS) is 10.4. The highest BCUT2D eigenvalue weighted by atomic mass is 32.2. The molecule has 0 bridgehead atoms. The van der Waals surface area contributed by atoms with E-state index >= 15 is 0 Å². The molecule has 2 N–H and O–H groups in total. The minimum absolute atomic E-state index is 0.00863. The van der Waals surface area contributed by atoms with Gasteiger partial charge in [-0.15, -0.1) is 0 Å². The van der Waals surface area contributed by atoms with Crippen molar-refractivity contribution in [3.63, 3.8) is 0 Å². The van der Waals surface area contributed by atoms with Crippen LogP contribution in [0.5, 0.6) is 11.5 Å². The lowest BCUT2D eigenvalue weighted by Crippen LogP contribution is -2.07. The number of benzene rings is 2. The topological polar surface area (TPSA) is 93.6 Å². The number of rotatable bonds is 7. The molecule has 1 heterocycles. The van der Waals surface area contributed by atoms with E-state index in [1.165, 1.54) is 18.0 Å². The van der Waals surface area contributed by atoms with Gasteiger partial charge >= 0.3 is 5.97 Å². The maximum atomic E-state index is 11.5. The number of hydrogen-bond donors (Lipinski definition) is 2. The van der Waals surface area contributed by atoms with Gasteiger partial charge in [0.15, 0.2) is 16.7 Å². The number of nitrogens with one attached hydrogen (secondary N) is 1. The van der Waals surface area contributed by atoms with Gasteiger partial charge < -0.3 is 19.9 Å². The minimum Gasteiger partial charge on any atom is -0.493 e. The molecule has 0 radical (unpaired) electrons. The van der Waals surface area contributed by atoms with Crippen molar-refractivity contribution in [1.82, 2.24) is 9.97 Å². The molecule has 8 heteroatoms. The number of aromatic nitrogens is 2. The lowest BCUT2D eigenvalue weighted by atomic mass is 10.0. The van der Waals surface area contributed by atoms with Crippen molar-refractivity contribution in [3.8, 4) is 22.6 Å². The Bertz CT molecular complexity index is 1010. The van der Waals surface area contributed by atoms with Crippen molar-refractivity contribution in [2.75, 3.05) is 25.8 Å². The molecule has 0 amide bonds. The molecule has 0 spiro atoms.